The molecular weight excluding hydrogens is 338 g/mol. The van der Waals surface area contributed by atoms with Crippen molar-refractivity contribution in [3.8, 4) is 5.75 Å². The molecule has 2 aromatic heterocycles. The Morgan fingerprint density at radius 1 is 1.33 bits per heavy atom. The summed E-state index contributed by atoms with van der Waals surface area (Å²) in [6, 6.07) is 3.97. The second-order valence-electron chi connectivity index (χ2n) is 8.17. The van der Waals surface area contributed by atoms with E-state index in [1.165, 1.54) is 32.1 Å². The Kier molecular flexibility index (Phi) is 6.40. The molecule has 0 spiro atoms. The number of aryl methyl sites for hydroxylation is 1. The highest BCUT2D eigenvalue weighted by Gasteiger charge is 2.22. The number of aromatic nitrogens is 2. The molecule has 27 heavy (non-hydrogen) atoms. The molecule has 2 heterocycles. The van der Waals surface area contributed by atoms with Gasteiger partial charge in [0.1, 0.15) is 5.82 Å². The summed E-state index contributed by atoms with van der Waals surface area (Å²) in [6.45, 7) is 6.97. The van der Waals surface area contributed by atoms with Gasteiger partial charge >= 0.3 is 0 Å². The number of carbonyl (C=O) groups excluding carboxylic acids is 1. The molecule has 5 nitrogen and oxygen atoms in total. The lowest BCUT2D eigenvalue weighted by Crippen LogP contribution is -2.29. The van der Waals surface area contributed by atoms with Gasteiger partial charge in [-0.3, -0.25) is 14.1 Å². The monoisotopic (exact) mass is 371 g/mol. The van der Waals surface area contributed by atoms with Gasteiger partial charge in [0.2, 0.25) is 5.91 Å². The van der Waals surface area contributed by atoms with Crippen LogP contribution in [-0.4, -0.2) is 28.9 Å². The van der Waals surface area contributed by atoms with E-state index < -0.39 is 0 Å². The van der Waals surface area contributed by atoms with Gasteiger partial charge in [0.25, 0.3) is 0 Å². The Morgan fingerprint density at radius 2 is 2.07 bits per heavy atom. The number of amides is 1. The van der Waals surface area contributed by atoms with E-state index in [2.05, 4.69) is 20.8 Å². The van der Waals surface area contributed by atoms with Gasteiger partial charge in [-0.1, -0.05) is 40.0 Å². The molecule has 0 saturated heterocycles. The lowest BCUT2D eigenvalue weighted by Gasteiger charge is -2.22. The number of hydrogen-bond acceptors (Lipinski definition) is 3. The molecule has 0 atom stereocenters. The standard InChI is InChI=1S/C22H33N3O2/c1-5-18-22(24(4)20(26)14-16(2)3)25-13-9-12-19(21(25)23-18)27-15-17-10-7-6-8-11-17/h9,12-13,16-17H,5-8,10-11,14-15H2,1-4H3. The Bertz CT molecular complexity index is 775. The molecule has 1 amide bonds. The lowest BCUT2D eigenvalue weighted by molar-refractivity contribution is -0.119. The number of nitrogens with zero attached hydrogens (tertiary/aromatic N) is 3. The van der Waals surface area contributed by atoms with Crippen molar-refractivity contribution in [1.82, 2.24) is 9.38 Å². The van der Waals surface area contributed by atoms with Crippen molar-refractivity contribution in [1.29, 1.82) is 0 Å². The maximum atomic E-state index is 12.6. The van der Waals surface area contributed by atoms with Crippen molar-refractivity contribution in [3.63, 3.8) is 0 Å². The normalized spacial score (nSPS) is 15.4. The first-order valence-electron chi connectivity index (χ1n) is 10.4. The van der Waals surface area contributed by atoms with Crippen LogP contribution < -0.4 is 9.64 Å². The minimum Gasteiger partial charge on any atom is -0.489 e. The number of ether oxygens (including phenoxy) is 1. The van der Waals surface area contributed by atoms with Crippen LogP contribution in [0.1, 0.15) is 65.0 Å². The third kappa shape index (κ3) is 4.45. The number of pyridine rings is 1. The van der Waals surface area contributed by atoms with Crippen LogP contribution in [0.3, 0.4) is 0 Å². The summed E-state index contributed by atoms with van der Waals surface area (Å²) < 4.78 is 8.20. The first-order valence-corrected chi connectivity index (χ1v) is 10.4. The van der Waals surface area contributed by atoms with E-state index in [1.807, 2.05) is 29.8 Å². The van der Waals surface area contributed by atoms with Gasteiger partial charge in [0, 0.05) is 19.7 Å². The predicted octanol–water partition coefficient (Wildman–Crippen LogP) is 4.86. The summed E-state index contributed by atoms with van der Waals surface area (Å²) in [7, 11) is 1.85. The van der Waals surface area contributed by atoms with Crippen molar-refractivity contribution in [3.05, 3.63) is 24.0 Å². The molecule has 5 heteroatoms. The molecule has 0 aromatic carbocycles. The smallest absolute Gasteiger partial charge is 0.228 e. The minimum absolute atomic E-state index is 0.120. The van der Waals surface area contributed by atoms with Crippen molar-refractivity contribution in [2.45, 2.75) is 65.7 Å². The van der Waals surface area contributed by atoms with E-state index in [9.17, 15) is 4.79 Å². The quantitative estimate of drug-likeness (QED) is 0.698. The van der Waals surface area contributed by atoms with Crippen molar-refractivity contribution in [2.75, 3.05) is 18.6 Å². The fourth-order valence-corrected chi connectivity index (χ4v) is 3.95. The van der Waals surface area contributed by atoms with Gasteiger partial charge in [0.05, 0.1) is 12.3 Å². The van der Waals surface area contributed by atoms with E-state index in [0.29, 0.717) is 18.3 Å². The molecule has 1 saturated carbocycles. The first-order chi connectivity index (χ1) is 13.0. The molecule has 0 aliphatic heterocycles. The van der Waals surface area contributed by atoms with Crippen molar-refractivity contribution >= 4 is 17.4 Å². The van der Waals surface area contributed by atoms with Crippen molar-refractivity contribution in [2.24, 2.45) is 11.8 Å². The third-order valence-electron chi connectivity index (χ3n) is 5.47. The molecule has 3 rings (SSSR count). The zero-order valence-electron chi connectivity index (χ0n) is 17.2. The minimum atomic E-state index is 0.120. The average Bonchev–Trinajstić information content (AvgIpc) is 3.05. The van der Waals surface area contributed by atoms with Gasteiger partial charge in [-0.05, 0) is 43.2 Å². The Morgan fingerprint density at radius 3 is 2.74 bits per heavy atom. The third-order valence-corrected chi connectivity index (χ3v) is 5.47. The highest BCUT2D eigenvalue weighted by Crippen LogP contribution is 2.30. The van der Waals surface area contributed by atoms with E-state index >= 15 is 0 Å². The number of fused-ring (bicyclic) bond motifs is 1. The molecule has 0 unspecified atom stereocenters. The van der Waals surface area contributed by atoms with Crippen LogP contribution in [0.2, 0.25) is 0 Å². The molecular formula is C22H33N3O2. The SMILES string of the molecule is CCc1nc2c(OCC3CCCCC3)cccn2c1N(C)C(=O)CC(C)C. The highest BCUT2D eigenvalue weighted by atomic mass is 16.5. The molecule has 148 valence electrons. The van der Waals surface area contributed by atoms with Crippen LogP contribution in [-0.2, 0) is 11.2 Å². The summed E-state index contributed by atoms with van der Waals surface area (Å²) in [5.74, 6) is 2.78. The zero-order valence-corrected chi connectivity index (χ0v) is 17.2. The molecule has 2 aromatic rings. The van der Waals surface area contributed by atoms with E-state index in [1.54, 1.807) is 4.90 Å². The summed E-state index contributed by atoms with van der Waals surface area (Å²) in [4.78, 5) is 19.2. The number of carbonyl (C=O) groups is 1. The molecule has 0 radical (unpaired) electrons. The molecule has 1 aliphatic rings. The lowest BCUT2D eigenvalue weighted by atomic mass is 9.90. The second kappa shape index (κ2) is 8.77. The number of imidazole rings is 1. The number of anilines is 1. The van der Waals surface area contributed by atoms with Gasteiger partial charge in [-0.2, -0.15) is 0 Å². The summed E-state index contributed by atoms with van der Waals surface area (Å²) in [5.41, 5.74) is 1.74. The fraction of sp³-hybridized carbons (Fsp3) is 0.636. The van der Waals surface area contributed by atoms with Crippen LogP contribution in [0.15, 0.2) is 18.3 Å². The topological polar surface area (TPSA) is 46.8 Å². The Balaban J connectivity index is 1.87. The highest BCUT2D eigenvalue weighted by molar-refractivity contribution is 5.93. The summed E-state index contributed by atoms with van der Waals surface area (Å²) >= 11 is 0. The molecule has 0 N–H and O–H groups in total. The molecule has 1 fully saturated rings. The van der Waals surface area contributed by atoms with E-state index in [4.69, 9.17) is 9.72 Å². The number of rotatable bonds is 7. The van der Waals surface area contributed by atoms with Crippen LogP contribution in [0.4, 0.5) is 5.82 Å². The number of hydrogen-bond donors (Lipinski definition) is 0. The summed E-state index contributed by atoms with van der Waals surface area (Å²) in [6.07, 6.45) is 9.78. The Hall–Kier alpha value is -2.04. The molecule has 1 aliphatic carbocycles. The van der Waals surface area contributed by atoms with Crippen LogP contribution in [0.5, 0.6) is 5.75 Å². The maximum Gasteiger partial charge on any atom is 0.228 e. The maximum absolute atomic E-state index is 12.6. The fourth-order valence-electron chi connectivity index (χ4n) is 3.95. The second-order valence-corrected chi connectivity index (χ2v) is 8.17. The van der Waals surface area contributed by atoms with Gasteiger partial charge < -0.3 is 4.74 Å². The largest absolute Gasteiger partial charge is 0.489 e. The van der Waals surface area contributed by atoms with Crippen LogP contribution >= 0.6 is 0 Å². The van der Waals surface area contributed by atoms with Crippen LogP contribution in [0, 0.1) is 11.8 Å². The van der Waals surface area contributed by atoms with Crippen LogP contribution in [0.25, 0.3) is 5.65 Å². The summed E-state index contributed by atoms with van der Waals surface area (Å²) in [5, 5.41) is 0. The van der Waals surface area contributed by atoms with E-state index in [0.717, 1.165) is 35.9 Å². The average molecular weight is 372 g/mol. The van der Waals surface area contributed by atoms with Gasteiger partial charge in [-0.25, -0.2) is 4.98 Å². The van der Waals surface area contributed by atoms with Gasteiger partial charge in [-0.15, -0.1) is 0 Å². The molecule has 0 bridgehead atoms. The van der Waals surface area contributed by atoms with E-state index in [-0.39, 0.29) is 5.91 Å². The van der Waals surface area contributed by atoms with Gasteiger partial charge in [0.15, 0.2) is 11.4 Å². The predicted molar refractivity (Wildman–Crippen MR) is 110 cm³/mol. The first kappa shape index (κ1) is 19.7. The van der Waals surface area contributed by atoms with Crippen molar-refractivity contribution < 1.29 is 9.53 Å². The Labute approximate surface area is 162 Å². The zero-order chi connectivity index (χ0) is 19.4.